The van der Waals surface area contributed by atoms with Crippen LogP contribution in [-0.4, -0.2) is 40.8 Å². The maximum Gasteiger partial charge on any atom is 0.316 e. The minimum Gasteiger partial charge on any atom is -0.497 e. The molecule has 1 atom stereocenters. The SMILES string of the molecule is COc1ccc([C@@]2(O)CN(c3ccccc3C)C3=[N+]2CCCS3)c(F)c1. The molecule has 2 aromatic rings. The van der Waals surface area contributed by atoms with Crippen LogP contribution in [0.25, 0.3) is 0 Å². The lowest BCUT2D eigenvalue weighted by molar-refractivity contribution is -0.657. The molecule has 2 heterocycles. The number of nitrogens with zero attached hydrogens (tertiary/aromatic N) is 2. The quantitative estimate of drug-likeness (QED) is 0.838. The van der Waals surface area contributed by atoms with Gasteiger partial charge in [0, 0.05) is 11.8 Å². The molecule has 0 spiro atoms. The second-order valence-electron chi connectivity index (χ2n) is 6.67. The summed E-state index contributed by atoms with van der Waals surface area (Å²) in [7, 11) is 1.51. The molecule has 4 nitrogen and oxygen atoms in total. The largest absolute Gasteiger partial charge is 0.497 e. The molecule has 0 saturated carbocycles. The molecule has 0 unspecified atom stereocenters. The number of methoxy groups -OCH3 is 1. The number of amidine groups is 1. The van der Waals surface area contributed by atoms with Crippen molar-refractivity contribution in [3.63, 3.8) is 0 Å². The van der Waals surface area contributed by atoms with Gasteiger partial charge >= 0.3 is 5.17 Å². The fourth-order valence-corrected chi connectivity index (χ4v) is 4.91. The third-order valence-electron chi connectivity index (χ3n) is 5.06. The molecule has 0 aromatic heterocycles. The van der Waals surface area contributed by atoms with Crippen LogP contribution in [0.3, 0.4) is 0 Å². The Bertz CT molecular complexity index is 886. The van der Waals surface area contributed by atoms with Gasteiger partial charge in [-0.05, 0) is 48.9 Å². The summed E-state index contributed by atoms with van der Waals surface area (Å²) in [6.45, 7) is 3.05. The van der Waals surface area contributed by atoms with Crippen LogP contribution in [-0.2, 0) is 5.72 Å². The molecule has 0 fully saturated rings. The van der Waals surface area contributed by atoms with Crippen molar-refractivity contribution in [2.75, 3.05) is 30.9 Å². The predicted molar refractivity (Wildman–Crippen MR) is 103 cm³/mol. The highest BCUT2D eigenvalue weighted by molar-refractivity contribution is 8.13. The zero-order valence-electron chi connectivity index (χ0n) is 14.9. The Labute approximate surface area is 156 Å². The number of aryl methyl sites for hydroxylation is 1. The smallest absolute Gasteiger partial charge is 0.316 e. The molecule has 2 aliphatic rings. The van der Waals surface area contributed by atoms with E-state index in [1.165, 1.54) is 13.2 Å². The lowest BCUT2D eigenvalue weighted by atomic mass is 10.0. The average molecular weight is 373 g/mol. The van der Waals surface area contributed by atoms with Crippen LogP contribution in [0.4, 0.5) is 10.1 Å². The zero-order chi connectivity index (χ0) is 18.3. The molecular weight excluding hydrogens is 351 g/mol. The first-order chi connectivity index (χ1) is 12.5. The summed E-state index contributed by atoms with van der Waals surface area (Å²) in [5.74, 6) is 0.990. The first-order valence-electron chi connectivity index (χ1n) is 8.71. The Morgan fingerprint density at radius 1 is 1.27 bits per heavy atom. The summed E-state index contributed by atoms with van der Waals surface area (Å²) in [5, 5.41) is 12.6. The molecule has 0 bridgehead atoms. The number of aliphatic hydroxyl groups is 1. The minimum atomic E-state index is -1.40. The molecule has 0 aliphatic carbocycles. The Morgan fingerprint density at radius 2 is 2.08 bits per heavy atom. The predicted octanol–water partition coefficient (Wildman–Crippen LogP) is 3.31. The van der Waals surface area contributed by atoms with E-state index in [0.29, 0.717) is 18.8 Å². The van der Waals surface area contributed by atoms with Gasteiger partial charge in [0.05, 0.1) is 19.2 Å². The number of anilines is 1. The summed E-state index contributed by atoms with van der Waals surface area (Å²) >= 11 is 1.72. The van der Waals surface area contributed by atoms with Crippen LogP contribution in [0.5, 0.6) is 5.75 Å². The van der Waals surface area contributed by atoms with Gasteiger partial charge in [-0.25, -0.2) is 13.9 Å². The third kappa shape index (κ3) is 2.68. The maximum atomic E-state index is 14.8. The van der Waals surface area contributed by atoms with Crippen LogP contribution in [0, 0.1) is 12.7 Å². The molecule has 2 aromatic carbocycles. The number of rotatable bonds is 3. The molecule has 1 N–H and O–H groups in total. The third-order valence-corrected chi connectivity index (χ3v) is 6.25. The summed E-state index contributed by atoms with van der Waals surface area (Å²) in [6, 6.07) is 12.8. The van der Waals surface area contributed by atoms with Crippen molar-refractivity contribution in [2.45, 2.75) is 19.1 Å². The number of ether oxygens (including phenoxy) is 1. The Balaban J connectivity index is 1.83. The molecular formula is C20H22FN2O2S+. The van der Waals surface area contributed by atoms with Gasteiger partial charge in [0.2, 0.25) is 0 Å². The van der Waals surface area contributed by atoms with Crippen molar-refractivity contribution in [2.24, 2.45) is 0 Å². The summed E-state index contributed by atoms with van der Waals surface area (Å²) in [6.07, 6.45) is 0.954. The monoisotopic (exact) mass is 373 g/mol. The zero-order valence-corrected chi connectivity index (χ0v) is 15.7. The van der Waals surface area contributed by atoms with E-state index in [9.17, 15) is 9.50 Å². The standard InChI is InChI=1S/C20H22FN2O2S/c1-14-6-3-4-7-18(14)22-13-20(24,23-10-5-11-26-19(22)23)16-9-8-15(25-2)12-17(16)21/h3-4,6-9,12,24H,5,10-11,13H2,1-2H3/q+1/t20-/m0/s1. The van der Waals surface area contributed by atoms with E-state index < -0.39 is 11.5 Å². The highest BCUT2D eigenvalue weighted by Crippen LogP contribution is 2.39. The van der Waals surface area contributed by atoms with Crippen LogP contribution < -0.4 is 9.64 Å². The van der Waals surface area contributed by atoms with Gasteiger partial charge in [-0.2, -0.15) is 0 Å². The van der Waals surface area contributed by atoms with Gasteiger partial charge in [-0.15, -0.1) is 0 Å². The molecule has 0 amide bonds. The van der Waals surface area contributed by atoms with E-state index in [2.05, 4.69) is 17.9 Å². The summed E-state index contributed by atoms with van der Waals surface area (Å²) < 4.78 is 21.8. The Kier molecular flexibility index (Phi) is 4.40. The second kappa shape index (κ2) is 6.59. The van der Waals surface area contributed by atoms with Gasteiger partial charge in [-0.3, -0.25) is 0 Å². The first kappa shape index (κ1) is 17.4. The van der Waals surface area contributed by atoms with E-state index in [1.54, 1.807) is 23.9 Å². The van der Waals surface area contributed by atoms with E-state index in [-0.39, 0.29) is 5.56 Å². The second-order valence-corrected chi connectivity index (χ2v) is 7.73. The van der Waals surface area contributed by atoms with Crippen molar-refractivity contribution < 1.29 is 18.8 Å². The molecule has 6 heteroatoms. The summed E-state index contributed by atoms with van der Waals surface area (Å²) in [4.78, 5) is 2.11. The number of hydrogen-bond acceptors (Lipinski definition) is 4. The van der Waals surface area contributed by atoms with Gasteiger partial charge in [0.1, 0.15) is 17.3 Å². The van der Waals surface area contributed by atoms with Crippen LogP contribution in [0.1, 0.15) is 17.5 Å². The topological polar surface area (TPSA) is 35.7 Å². The molecule has 4 rings (SSSR count). The summed E-state index contributed by atoms with van der Waals surface area (Å²) in [5.41, 5.74) is 1.06. The van der Waals surface area contributed by atoms with E-state index in [1.807, 2.05) is 22.8 Å². The molecule has 26 heavy (non-hydrogen) atoms. The Hall–Kier alpha value is -2.05. The number of β-amino-alcohol motifs (C(OH)–C–C–N with tert-alkyl or cyclic N) is 1. The Morgan fingerprint density at radius 3 is 2.81 bits per heavy atom. The van der Waals surface area contributed by atoms with Crippen LogP contribution >= 0.6 is 11.8 Å². The van der Waals surface area contributed by atoms with Crippen molar-refractivity contribution in [1.82, 2.24) is 0 Å². The van der Waals surface area contributed by atoms with E-state index >= 15 is 0 Å². The fourth-order valence-electron chi connectivity index (χ4n) is 3.73. The highest BCUT2D eigenvalue weighted by Gasteiger charge is 2.54. The lowest BCUT2D eigenvalue weighted by Gasteiger charge is -2.24. The number of benzene rings is 2. The van der Waals surface area contributed by atoms with Gasteiger partial charge in [0.15, 0.2) is 6.54 Å². The van der Waals surface area contributed by atoms with Crippen LogP contribution in [0.15, 0.2) is 42.5 Å². The van der Waals surface area contributed by atoms with Gasteiger partial charge < -0.3 is 9.84 Å². The maximum absolute atomic E-state index is 14.8. The molecule has 0 radical (unpaired) electrons. The minimum absolute atomic E-state index is 0.286. The van der Waals surface area contributed by atoms with Gasteiger partial charge in [0.25, 0.3) is 5.72 Å². The highest BCUT2D eigenvalue weighted by atomic mass is 32.2. The first-order valence-corrected chi connectivity index (χ1v) is 9.70. The fraction of sp³-hybridized carbons (Fsp3) is 0.350. The number of hydrogen-bond donors (Lipinski definition) is 1. The van der Waals surface area contributed by atoms with Crippen molar-refractivity contribution in [3.8, 4) is 5.75 Å². The van der Waals surface area contributed by atoms with Crippen molar-refractivity contribution in [1.29, 1.82) is 0 Å². The average Bonchev–Trinajstić information content (AvgIpc) is 2.96. The van der Waals surface area contributed by atoms with Crippen molar-refractivity contribution in [3.05, 3.63) is 59.4 Å². The molecule has 136 valence electrons. The van der Waals surface area contributed by atoms with Crippen molar-refractivity contribution >= 4 is 22.6 Å². The van der Waals surface area contributed by atoms with E-state index in [0.717, 1.165) is 28.6 Å². The van der Waals surface area contributed by atoms with Gasteiger partial charge in [-0.1, -0.05) is 18.2 Å². The molecule has 0 saturated heterocycles. The molecule has 2 aliphatic heterocycles. The number of halogens is 1. The lowest BCUT2D eigenvalue weighted by Crippen LogP contribution is -2.42. The van der Waals surface area contributed by atoms with Crippen LogP contribution in [0.2, 0.25) is 0 Å². The number of thioether (sulfide) groups is 1. The normalized spacial score (nSPS) is 22.5. The number of para-hydroxylation sites is 1. The van der Waals surface area contributed by atoms with E-state index in [4.69, 9.17) is 4.74 Å².